The second-order valence-electron chi connectivity index (χ2n) is 5.74. The number of halogens is 1. The van der Waals surface area contributed by atoms with E-state index < -0.39 is 6.04 Å². The van der Waals surface area contributed by atoms with Crippen LogP contribution in [0.1, 0.15) is 13.3 Å². The lowest BCUT2D eigenvalue weighted by Gasteiger charge is -2.36. The highest BCUT2D eigenvalue weighted by atomic mass is 35.5. The fraction of sp³-hybridized carbons (Fsp3) is 0.562. The van der Waals surface area contributed by atoms with Crippen LogP contribution in [0, 0.1) is 0 Å². The molecule has 1 atom stereocenters. The Labute approximate surface area is 137 Å². The van der Waals surface area contributed by atoms with Crippen molar-refractivity contribution < 1.29 is 4.79 Å². The molecule has 1 aliphatic heterocycles. The Morgan fingerprint density at radius 3 is 2.73 bits per heavy atom. The molecule has 0 saturated carbocycles. The second-order valence-corrected chi connectivity index (χ2v) is 6.18. The van der Waals surface area contributed by atoms with Crippen molar-refractivity contribution in [2.45, 2.75) is 19.4 Å². The molecule has 1 aromatic carbocycles. The Morgan fingerprint density at radius 2 is 2.09 bits per heavy atom. The summed E-state index contributed by atoms with van der Waals surface area (Å²) in [5.74, 6) is -0.0780. The number of nitrogens with one attached hydrogen (secondary N) is 1. The zero-order valence-electron chi connectivity index (χ0n) is 13.1. The molecule has 1 fully saturated rings. The third-order valence-electron chi connectivity index (χ3n) is 3.91. The highest BCUT2D eigenvalue weighted by molar-refractivity contribution is 6.30. The van der Waals surface area contributed by atoms with E-state index in [4.69, 9.17) is 17.3 Å². The third-order valence-corrected chi connectivity index (χ3v) is 4.14. The molecule has 1 aromatic rings. The fourth-order valence-electron chi connectivity index (χ4n) is 2.58. The first-order valence-electron chi connectivity index (χ1n) is 7.82. The van der Waals surface area contributed by atoms with Crippen LogP contribution in [-0.4, -0.2) is 56.1 Å². The molecule has 0 aromatic heterocycles. The van der Waals surface area contributed by atoms with Crippen LogP contribution in [0.2, 0.25) is 5.02 Å². The Morgan fingerprint density at radius 1 is 1.36 bits per heavy atom. The summed E-state index contributed by atoms with van der Waals surface area (Å²) >= 11 is 6.04. The Hall–Kier alpha value is -1.30. The molecule has 3 N–H and O–H groups in total. The number of nitrogens with zero attached hydrogens (tertiary/aromatic N) is 2. The van der Waals surface area contributed by atoms with E-state index >= 15 is 0 Å². The van der Waals surface area contributed by atoms with E-state index in [0.717, 1.165) is 44.2 Å². The number of anilines is 1. The Kier molecular flexibility index (Phi) is 6.49. The van der Waals surface area contributed by atoms with Crippen molar-refractivity contribution in [2.24, 2.45) is 5.73 Å². The van der Waals surface area contributed by atoms with E-state index in [2.05, 4.69) is 21.2 Å². The normalized spacial score (nSPS) is 17.3. The summed E-state index contributed by atoms with van der Waals surface area (Å²) in [6.45, 7) is 7.47. The summed E-state index contributed by atoms with van der Waals surface area (Å²) < 4.78 is 0. The summed E-state index contributed by atoms with van der Waals surface area (Å²) in [5, 5.41) is 3.63. The van der Waals surface area contributed by atoms with Crippen molar-refractivity contribution in [1.29, 1.82) is 0 Å². The van der Waals surface area contributed by atoms with Crippen LogP contribution in [0.25, 0.3) is 0 Å². The van der Waals surface area contributed by atoms with E-state index in [0.29, 0.717) is 6.54 Å². The van der Waals surface area contributed by atoms with E-state index in [1.54, 1.807) is 6.92 Å². The maximum Gasteiger partial charge on any atom is 0.236 e. The van der Waals surface area contributed by atoms with Crippen LogP contribution < -0.4 is 16.0 Å². The van der Waals surface area contributed by atoms with Gasteiger partial charge in [-0.05, 0) is 38.1 Å². The molecule has 2 rings (SSSR count). The molecule has 0 aliphatic carbocycles. The van der Waals surface area contributed by atoms with Gasteiger partial charge in [-0.3, -0.25) is 9.69 Å². The quantitative estimate of drug-likeness (QED) is 0.775. The van der Waals surface area contributed by atoms with Crippen LogP contribution in [0.5, 0.6) is 0 Å². The minimum Gasteiger partial charge on any atom is -0.369 e. The Bertz CT molecular complexity index is 487. The summed E-state index contributed by atoms with van der Waals surface area (Å²) in [4.78, 5) is 16.1. The Balaban J connectivity index is 1.66. The van der Waals surface area contributed by atoms with Crippen molar-refractivity contribution >= 4 is 23.2 Å². The van der Waals surface area contributed by atoms with Crippen LogP contribution in [-0.2, 0) is 4.79 Å². The molecule has 1 unspecified atom stereocenters. The number of rotatable bonds is 6. The number of piperazine rings is 1. The highest BCUT2D eigenvalue weighted by Crippen LogP contribution is 2.20. The van der Waals surface area contributed by atoms with Crippen molar-refractivity contribution in [3.63, 3.8) is 0 Å². The number of carbonyl (C=O) groups is 1. The molecule has 1 aliphatic rings. The standard InChI is InChI=1S/C16H25ClN4O/c1-13(18)16(22)19-6-3-7-20-8-10-21(11-9-20)15-5-2-4-14(17)12-15/h2,4-5,12-13H,3,6-11,18H2,1H3,(H,19,22). The van der Waals surface area contributed by atoms with E-state index in [-0.39, 0.29) is 5.91 Å². The molecular formula is C16H25ClN4O. The predicted molar refractivity (Wildman–Crippen MR) is 91.4 cm³/mol. The highest BCUT2D eigenvalue weighted by Gasteiger charge is 2.17. The molecule has 1 saturated heterocycles. The first-order chi connectivity index (χ1) is 10.6. The van der Waals surface area contributed by atoms with E-state index in [1.807, 2.05) is 18.2 Å². The number of carbonyl (C=O) groups excluding carboxylic acids is 1. The first kappa shape index (κ1) is 17.1. The van der Waals surface area contributed by atoms with Gasteiger partial charge in [0.05, 0.1) is 6.04 Å². The van der Waals surface area contributed by atoms with Gasteiger partial charge in [0.1, 0.15) is 0 Å². The van der Waals surface area contributed by atoms with Crippen molar-refractivity contribution in [1.82, 2.24) is 10.2 Å². The molecular weight excluding hydrogens is 300 g/mol. The first-order valence-corrected chi connectivity index (χ1v) is 8.20. The average molecular weight is 325 g/mol. The maximum atomic E-state index is 11.4. The van der Waals surface area contributed by atoms with Crippen LogP contribution in [0.3, 0.4) is 0 Å². The van der Waals surface area contributed by atoms with Crippen molar-refractivity contribution in [2.75, 3.05) is 44.2 Å². The summed E-state index contributed by atoms with van der Waals surface area (Å²) in [7, 11) is 0. The van der Waals surface area contributed by atoms with Gasteiger partial charge in [-0.25, -0.2) is 0 Å². The van der Waals surface area contributed by atoms with Crippen LogP contribution in [0.4, 0.5) is 5.69 Å². The topological polar surface area (TPSA) is 61.6 Å². The van der Waals surface area contributed by atoms with E-state index in [1.165, 1.54) is 5.69 Å². The lowest BCUT2D eigenvalue weighted by molar-refractivity contribution is -0.121. The molecule has 22 heavy (non-hydrogen) atoms. The predicted octanol–water partition coefficient (Wildman–Crippen LogP) is 1.32. The van der Waals surface area contributed by atoms with Crippen LogP contribution >= 0.6 is 11.6 Å². The molecule has 0 spiro atoms. The number of nitrogens with two attached hydrogens (primary N) is 1. The van der Waals surface area contributed by atoms with Gasteiger partial charge < -0.3 is 16.0 Å². The number of hydrogen-bond acceptors (Lipinski definition) is 4. The number of amides is 1. The van der Waals surface area contributed by atoms with Crippen LogP contribution in [0.15, 0.2) is 24.3 Å². The average Bonchev–Trinajstić information content (AvgIpc) is 2.52. The number of benzene rings is 1. The van der Waals surface area contributed by atoms with Crippen molar-refractivity contribution in [3.05, 3.63) is 29.3 Å². The summed E-state index contributed by atoms with van der Waals surface area (Å²) in [5.41, 5.74) is 6.70. The molecule has 6 heteroatoms. The molecule has 122 valence electrons. The second kappa shape index (κ2) is 8.36. The smallest absolute Gasteiger partial charge is 0.236 e. The van der Waals surface area contributed by atoms with Gasteiger partial charge in [0.2, 0.25) is 5.91 Å². The van der Waals surface area contributed by atoms with Gasteiger partial charge in [-0.15, -0.1) is 0 Å². The third kappa shape index (κ3) is 5.16. The zero-order valence-corrected chi connectivity index (χ0v) is 13.9. The lowest BCUT2D eigenvalue weighted by atomic mass is 10.2. The fourth-order valence-corrected chi connectivity index (χ4v) is 2.76. The molecule has 1 heterocycles. The molecule has 0 radical (unpaired) electrons. The summed E-state index contributed by atoms with van der Waals surface area (Å²) in [6.07, 6.45) is 0.954. The molecule has 5 nitrogen and oxygen atoms in total. The molecule has 1 amide bonds. The SMILES string of the molecule is CC(N)C(=O)NCCCN1CCN(c2cccc(Cl)c2)CC1. The largest absolute Gasteiger partial charge is 0.369 e. The zero-order chi connectivity index (χ0) is 15.9. The van der Waals surface area contributed by atoms with E-state index in [9.17, 15) is 4.79 Å². The van der Waals surface area contributed by atoms with Gasteiger partial charge >= 0.3 is 0 Å². The minimum absolute atomic E-state index is 0.0780. The maximum absolute atomic E-state index is 11.4. The summed E-state index contributed by atoms with van der Waals surface area (Å²) in [6, 6.07) is 7.58. The van der Waals surface area contributed by atoms with Gasteiger partial charge in [0, 0.05) is 43.4 Å². The van der Waals surface area contributed by atoms with Gasteiger partial charge in [0.15, 0.2) is 0 Å². The lowest BCUT2D eigenvalue weighted by Crippen LogP contribution is -2.47. The number of hydrogen-bond donors (Lipinski definition) is 2. The van der Waals surface area contributed by atoms with Crippen molar-refractivity contribution in [3.8, 4) is 0 Å². The van der Waals surface area contributed by atoms with Gasteiger partial charge in [-0.2, -0.15) is 0 Å². The minimum atomic E-state index is -0.429. The molecule has 0 bridgehead atoms. The van der Waals surface area contributed by atoms with Gasteiger partial charge in [-0.1, -0.05) is 17.7 Å². The monoisotopic (exact) mass is 324 g/mol. The van der Waals surface area contributed by atoms with Gasteiger partial charge in [0.25, 0.3) is 0 Å².